The molecule has 0 fully saturated rings. The minimum atomic E-state index is 0.675. The average Bonchev–Trinajstić information content (AvgIpc) is 2.47. The Morgan fingerprint density at radius 2 is 2.00 bits per heavy atom. The van der Waals surface area contributed by atoms with Gasteiger partial charge in [0, 0.05) is 28.6 Å². The normalized spacial score (nSPS) is 10.3. The van der Waals surface area contributed by atoms with Crippen LogP contribution in [0.2, 0.25) is 0 Å². The summed E-state index contributed by atoms with van der Waals surface area (Å²) in [6.07, 6.45) is 1.72. The number of nitrogens with zero attached hydrogens (tertiary/aromatic N) is 1. The molecule has 1 heterocycles. The Hall–Kier alpha value is -1.88. The third-order valence-corrected chi connectivity index (χ3v) is 3.98. The summed E-state index contributed by atoms with van der Waals surface area (Å²) >= 11 is 1.64. The van der Waals surface area contributed by atoms with E-state index in [0.29, 0.717) is 17.3 Å². The number of pyridine rings is 1. The molecule has 2 aromatic rings. The maximum absolute atomic E-state index is 5.98. The summed E-state index contributed by atoms with van der Waals surface area (Å²) in [5, 5.41) is 0. The average molecular weight is 290 g/mol. The van der Waals surface area contributed by atoms with Gasteiger partial charge in [-0.3, -0.25) is 4.98 Å². The van der Waals surface area contributed by atoms with E-state index < -0.39 is 0 Å². The molecule has 4 nitrogen and oxygen atoms in total. The molecular weight excluding hydrogens is 272 g/mol. The minimum absolute atomic E-state index is 0.675. The van der Waals surface area contributed by atoms with E-state index in [1.807, 2.05) is 19.1 Å². The van der Waals surface area contributed by atoms with Crippen LogP contribution in [0, 0.1) is 6.92 Å². The van der Waals surface area contributed by atoms with Crippen molar-refractivity contribution in [3.05, 3.63) is 41.7 Å². The largest absolute Gasteiger partial charge is 0.493 e. The van der Waals surface area contributed by atoms with Crippen LogP contribution in [0.25, 0.3) is 0 Å². The van der Waals surface area contributed by atoms with Crippen LogP contribution >= 0.6 is 11.8 Å². The van der Waals surface area contributed by atoms with Gasteiger partial charge in [-0.1, -0.05) is 6.07 Å². The number of hydrogen-bond donors (Lipinski definition) is 1. The number of nitrogens with two attached hydrogens (primary N) is 1. The second-order valence-electron chi connectivity index (χ2n) is 4.32. The molecular formula is C15H18N2O2S. The zero-order valence-electron chi connectivity index (χ0n) is 11.8. The van der Waals surface area contributed by atoms with Gasteiger partial charge in [0.05, 0.1) is 19.9 Å². The van der Waals surface area contributed by atoms with Gasteiger partial charge in [0.2, 0.25) is 0 Å². The molecule has 2 rings (SSSR count). The molecule has 0 aliphatic rings. The molecule has 0 radical (unpaired) electrons. The van der Waals surface area contributed by atoms with Gasteiger partial charge in [0.15, 0.2) is 11.5 Å². The molecule has 0 aliphatic heterocycles. The molecule has 0 saturated carbocycles. The van der Waals surface area contributed by atoms with E-state index >= 15 is 0 Å². The summed E-state index contributed by atoms with van der Waals surface area (Å²) in [6, 6.07) is 7.79. The van der Waals surface area contributed by atoms with Gasteiger partial charge in [0.25, 0.3) is 0 Å². The van der Waals surface area contributed by atoms with Gasteiger partial charge >= 0.3 is 0 Å². The molecule has 0 bridgehead atoms. The molecule has 0 atom stereocenters. The van der Waals surface area contributed by atoms with Crippen LogP contribution in [0.3, 0.4) is 0 Å². The molecule has 1 aromatic heterocycles. The topological polar surface area (TPSA) is 57.4 Å². The molecule has 2 N–H and O–H groups in total. The fourth-order valence-corrected chi connectivity index (χ4v) is 2.87. The third kappa shape index (κ3) is 3.17. The molecule has 1 aromatic carbocycles. The van der Waals surface area contributed by atoms with Crippen molar-refractivity contribution >= 4 is 17.4 Å². The molecule has 5 heteroatoms. The quantitative estimate of drug-likeness (QED) is 0.676. The summed E-state index contributed by atoms with van der Waals surface area (Å²) in [5.74, 6) is 2.04. The van der Waals surface area contributed by atoms with Crippen molar-refractivity contribution in [1.29, 1.82) is 0 Å². The number of benzene rings is 1. The van der Waals surface area contributed by atoms with Crippen molar-refractivity contribution in [2.75, 3.05) is 20.0 Å². The van der Waals surface area contributed by atoms with Crippen molar-refractivity contribution < 1.29 is 9.47 Å². The Kier molecular flexibility index (Phi) is 4.74. The van der Waals surface area contributed by atoms with E-state index in [-0.39, 0.29) is 0 Å². The Labute approximate surface area is 123 Å². The smallest absolute Gasteiger partial charge is 0.183 e. The number of aromatic nitrogens is 1. The fraction of sp³-hybridized carbons (Fsp3) is 0.267. The first kappa shape index (κ1) is 14.5. The van der Waals surface area contributed by atoms with Crippen LogP contribution in [-0.4, -0.2) is 19.2 Å². The highest BCUT2D eigenvalue weighted by Crippen LogP contribution is 2.35. The zero-order valence-corrected chi connectivity index (χ0v) is 12.7. The van der Waals surface area contributed by atoms with Crippen LogP contribution in [0.15, 0.2) is 35.4 Å². The van der Waals surface area contributed by atoms with Crippen molar-refractivity contribution in [2.24, 2.45) is 0 Å². The lowest BCUT2D eigenvalue weighted by Gasteiger charge is -2.12. The standard InChI is InChI=1S/C15H18N2O2S/c1-10-4-5-11(16)14(8-10)20-9-12-15(19-3)13(18-2)6-7-17-12/h4-8H,9,16H2,1-3H3. The van der Waals surface area contributed by atoms with Crippen molar-refractivity contribution in [3.8, 4) is 11.5 Å². The van der Waals surface area contributed by atoms with Gasteiger partial charge in [-0.2, -0.15) is 0 Å². The Bertz CT molecular complexity index is 602. The predicted octanol–water partition coefficient (Wildman–Crippen LogP) is 3.28. The number of thioether (sulfide) groups is 1. The van der Waals surface area contributed by atoms with E-state index in [4.69, 9.17) is 15.2 Å². The summed E-state index contributed by atoms with van der Waals surface area (Å²) in [6.45, 7) is 2.05. The number of rotatable bonds is 5. The van der Waals surface area contributed by atoms with Crippen molar-refractivity contribution in [2.45, 2.75) is 17.6 Å². The molecule has 0 unspecified atom stereocenters. The van der Waals surface area contributed by atoms with Gasteiger partial charge in [-0.05, 0) is 24.6 Å². The van der Waals surface area contributed by atoms with Crippen LogP contribution in [0.4, 0.5) is 5.69 Å². The minimum Gasteiger partial charge on any atom is -0.493 e. The van der Waals surface area contributed by atoms with E-state index in [9.17, 15) is 0 Å². The summed E-state index contributed by atoms with van der Waals surface area (Å²) in [7, 11) is 3.24. The molecule has 106 valence electrons. The van der Waals surface area contributed by atoms with Crippen molar-refractivity contribution in [1.82, 2.24) is 4.98 Å². The lowest BCUT2D eigenvalue weighted by atomic mass is 10.2. The van der Waals surface area contributed by atoms with E-state index in [1.165, 1.54) is 5.56 Å². The second-order valence-corrected chi connectivity index (χ2v) is 5.34. The fourth-order valence-electron chi connectivity index (χ4n) is 1.87. The Morgan fingerprint density at radius 1 is 1.20 bits per heavy atom. The first-order valence-electron chi connectivity index (χ1n) is 6.20. The molecule has 0 aliphatic carbocycles. The first-order valence-corrected chi connectivity index (χ1v) is 7.19. The van der Waals surface area contributed by atoms with Crippen LogP contribution < -0.4 is 15.2 Å². The van der Waals surface area contributed by atoms with Crippen molar-refractivity contribution in [3.63, 3.8) is 0 Å². The van der Waals surface area contributed by atoms with Gasteiger partial charge in [0.1, 0.15) is 0 Å². The van der Waals surface area contributed by atoms with Crippen LogP contribution in [0.5, 0.6) is 11.5 Å². The highest BCUT2D eigenvalue weighted by Gasteiger charge is 2.12. The van der Waals surface area contributed by atoms with E-state index in [0.717, 1.165) is 16.3 Å². The highest BCUT2D eigenvalue weighted by molar-refractivity contribution is 7.98. The molecule has 0 spiro atoms. The number of anilines is 1. The third-order valence-electron chi connectivity index (χ3n) is 2.90. The summed E-state index contributed by atoms with van der Waals surface area (Å²) in [5.41, 5.74) is 8.80. The SMILES string of the molecule is COc1ccnc(CSc2cc(C)ccc2N)c1OC. The van der Waals surface area contributed by atoms with Crippen LogP contribution in [-0.2, 0) is 5.75 Å². The lowest BCUT2D eigenvalue weighted by Crippen LogP contribution is -1.98. The van der Waals surface area contributed by atoms with Crippen LogP contribution in [0.1, 0.15) is 11.3 Å². The van der Waals surface area contributed by atoms with Gasteiger partial charge < -0.3 is 15.2 Å². The molecule has 0 saturated heterocycles. The molecule has 20 heavy (non-hydrogen) atoms. The van der Waals surface area contributed by atoms with E-state index in [2.05, 4.69) is 11.1 Å². The summed E-state index contributed by atoms with van der Waals surface area (Å²) in [4.78, 5) is 5.41. The predicted molar refractivity (Wildman–Crippen MR) is 82.5 cm³/mol. The number of methoxy groups -OCH3 is 2. The first-order chi connectivity index (χ1) is 9.65. The Balaban J connectivity index is 2.20. The van der Waals surface area contributed by atoms with Gasteiger partial charge in [-0.15, -0.1) is 11.8 Å². The van der Waals surface area contributed by atoms with E-state index in [1.54, 1.807) is 38.2 Å². The monoisotopic (exact) mass is 290 g/mol. The number of hydrogen-bond acceptors (Lipinski definition) is 5. The Morgan fingerprint density at radius 3 is 2.70 bits per heavy atom. The maximum Gasteiger partial charge on any atom is 0.183 e. The highest BCUT2D eigenvalue weighted by atomic mass is 32.2. The van der Waals surface area contributed by atoms with Gasteiger partial charge in [-0.25, -0.2) is 0 Å². The number of aryl methyl sites for hydroxylation is 1. The molecule has 0 amide bonds. The lowest BCUT2D eigenvalue weighted by molar-refractivity contribution is 0.350. The summed E-state index contributed by atoms with van der Waals surface area (Å²) < 4.78 is 10.7. The number of ether oxygens (including phenoxy) is 2. The second kappa shape index (κ2) is 6.52. The maximum atomic E-state index is 5.98. The zero-order chi connectivity index (χ0) is 14.5. The number of nitrogen functional groups attached to an aromatic ring is 1.